The van der Waals surface area contributed by atoms with E-state index in [9.17, 15) is 4.79 Å². The summed E-state index contributed by atoms with van der Waals surface area (Å²) in [5, 5.41) is 8.19. The maximum absolute atomic E-state index is 12.8. The minimum atomic E-state index is -0.121. The Bertz CT molecular complexity index is 988. The maximum atomic E-state index is 12.8. The molecule has 0 aliphatic rings. The van der Waals surface area contributed by atoms with Crippen molar-refractivity contribution >= 4 is 23.2 Å². The molecule has 1 N–H and O–H groups in total. The quantitative estimate of drug-likeness (QED) is 0.618. The van der Waals surface area contributed by atoms with Gasteiger partial charge in [0.25, 0.3) is 5.91 Å². The van der Waals surface area contributed by atoms with E-state index < -0.39 is 0 Å². The second-order valence-corrected chi connectivity index (χ2v) is 7.47. The van der Waals surface area contributed by atoms with Crippen molar-refractivity contribution in [2.75, 3.05) is 5.32 Å². The van der Waals surface area contributed by atoms with Gasteiger partial charge in [-0.15, -0.1) is 0 Å². The largest absolute Gasteiger partial charge is 0.321 e. The van der Waals surface area contributed by atoms with Crippen molar-refractivity contribution < 1.29 is 4.79 Å². The van der Waals surface area contributed by atoms with Crippen LogP contribution in [0, 0.1) is 20.8 Å². The highest BCUT2D eigenvalue weighted by Gasteiger charge is 2.15. The van der Waals surface area contributed by atoms with Crippen molar-refractivity contribution in [1.29, 1.82) is 0 Å². The molecule has 1 aromatic heterocycles. The summed E-state index contributed by atoms with van der Waals surface area (Å²) in [6.07, 6.45) is 0. The minimum absolute atomic E-state index is 0.121. The van der Waals surface area contributed by atoms with Gasteiger partial charge in [0, 0.05) is 11.3 Å². The van der Waals surface area contributed by atoms with E-state index in [2.05, 4.69) is 30.3 Å². The zero-order valence-corrected chi connectivity index (χ0v) is 17.1. The highest BCUT2D eigenvalue weighted by atomic mass is 35.5. The van der Waals surface area contributed by atoms with E-state index >= 15 is 0 Å². The van der Waals surface area contributed by atoms with Crippen molar-refractivity contribution in [3.8, 4) is 5.69 Å². The monoisotopic (exact) mass is 381 g/mol. The van der Waals surface area contributed by atoms with Crippen LogP contribution < -0.4 is 5.32 Å². The first-order valence-corrected chi connectivity index (χ1v) is 9.40. The Morgan fingerprint density at radius 2 is 1.74 bits per heavy atom. The predicted octanol–water partition coefficient (Wildman–Crippen LogP) is 5.83. The fourth-order valence-corrected chi connectivity index (χ4v) is 3.27. The van der Waals surface area contributed by atoms with Gasteiger partial charge in [-0.2, -0.15) is 5.10 Å². The zero-order chi connectivity index (χ0) is 19.7. The number of nitrogens with one attached hydrogen (secondary N) is 1. The average Bonchev–Trinajstić information content (AvgIpc) is 2.90. The fraction of sp³-hybridized carbons (Fsp3) is 0.273. The van der Waals surface area contributed by atoms with E-state index in [1.165, 1.54) is 0 Å². The lowest BCUT2D eigenvalue weighted by Gasteiger charge is -2.16. The number of carbonyl (C=O) groups is 1. The SMILES string of the molecule is Cc1cccc(C(C)C)c1NC(=O)c1ccc(-n2nc(C)c(Cl)c2C)cc1. The highest BCUT2D eigenvalue weighted by molar-refractivity contribution is 6.31. The number of halogens is 1. The second kappa shape index (κ2) is 7.57. The molecule has 0 atom stereocenters. The Morgan fingerprint density at radius 3 is 2.30 bits per heavy atom. The van der Waals surface area contributed by atoms with Gasteiger partial charge in [0.2, 0.25) is 0 Å². The Labute approximate surface area is 165 Å². The molecule has 0 aliphatic carbocycles. The molecule has 140 valence electrons. The van der Waals surface area contributed by atoms with Gasteiger partial charge in [0.1, 0.15) is 0 Å². The molecule has 0 unspecified atom stereocenters. The van der Waals surface area contributed by atoms with Gasteiger partial charge >= 0.3 is 0 Å². The average molecular weight is 382 g/mol. The predicted molar refractivity (Wildman–Crippen MR) is 111 cm³/mol. The minimum Gasteiger partial charge on any atom is -0.321 e. The van der Waals surface area contributed by atoms with Crippen LogP contribution in [0.4, 0.5) is 5.69 Å². The van der Waals surface area contributed by atoms with Crippen LogP contribution in [0.2, 0.25) is 5.02 Å². The highest BCUT2D eigenvalue weighted by Crippen LogP contribution is 2.28. The summed E-state index contributed by atoms with van der Waals surface area (Å²) >= 11 is 6.23. The van der Waals surface area contributed by atoms with Gasteiger partial charge in [-0.3, -0.25) is 4.79 Å². The van der Waals surface area contributed by atoms with Crippen LogP contribution in [-0.2, 0) is 0 Å². The van der Waals surface area contributed by atoms with Crippen LogP contribution in [0.15, 0.2) is 42.5 Å². The lowest BCUT2D eigenvalue weighted by molar-refractivity contribution is 0.102. The van der Waals surface area contributed by atoms with Crippen molar-refractivity contribution in [2.45, 2.75) is 40.5 Å². The van der Waals surface area contributed by atoms with Crippen LogP contribution >= 0.6 is 11.6 Å². The third-order valence-corrected chi connectivity index (χ3v) is 5.29. The first kappa shape index (κ1) is 19.2. The number of aryl methyl sites for hydroxylation is 2. The van der Waals surface area contributed by atoms with Crippen LogP contribution in [-0.4, -0.2) is 15.7 Å². The number of carbonyl (C=O) groups excluding carboxylic acids is 1. The summed E-state index contributed by atoms with van der Waals surface area (Å²) in [5.41, 5.74) is 6.24. The van der Waals surface area contributed by atoms with Gasteiger partial charge in [0.15, 0.2) is 0 Å². The zero-order valence-electron chi connectivity index (χ0n) is 16.3. The number of anilines is 1. The van der Waals surface area contributed by atoms with E-state index in [4.69, 9.17) is 11.6 Å². The molecule has 27 heavy (non-hydrogen) atoms. The van der Waals surface area contributed by atoms with E-state index in [1.807, 2.05) is 57.2 Å². The van der Waals surface area contributed by atoms with Crippen molar-refractivity contribution in [1.82, 2.24) is 9.78 Å². The van der Waals surface area contributed by atoms with Gasteiger partial charge in [-0.05, 0) is 62.1 Å². The summed E-state index contributed by atoms with van der Waals surface area (Å²) < 4.78 is 1.79. The smallest absolute Gasteiger partial charge is 0.255 e. The summed E-state index contributed by atoms with van der Waals surface area (Å²) in [6, 6.07) is 13.5. The molecular weight excluding hydrogens is 358 g/mol. The maximum Gasteiger partial charge on any atom is 0.255 e. The number of aromatic nitrogens is 2. The van der Waals surface area contributed by atoms with Crippen LogP contribution in [0.1, 0.15) is 52.6 Å². The van der Waals surface area contributed by atoms with Crippen LogP contribution in [0.25, 0.3) is 5.69 Å². The summed E-state index contributed by atoms with van der Waals surface area (Å²) in [7, 11) is 0. The van der Waals surface area contributed by atoms with Crippen LogP contribution in [0.3, 0.4) is 0 Å². The molecule has 0 saturated heterocycles. The number of hydrogen-bond donors (Lipinski definition) is 1. The van der Waals surface area contributed by atoms with Crippen molar-refractivity contribution in [3.63, 3.8) is 0 Å². The molecule has 0 radical (unpaired) electrons. The second-order valence-electron chi connectivity index (χ2n) is 7.09. The van der Waals surface area contributed by atoms with Gasteiger partial charge in [-0.25, -0.2) is 4.68 Å². The van der Waals surface area contributed by atoms with Crippen molar-refractivity contribution in [2.24, 2.45) is 0 Å². The topological polar surface area (TPSA) is 46.9 Å². The molecule has 5 heteroatoms. The summed E-state index contributed by atoms with van der Waals surface area (Å²) in [4.78, 5) is 12.8. The Balaban J connectivity index is 1.86. The van der Waals surface area contributed by atoms with Gasteiger partial charge in [-0.1, -0.05) is 43.6 Å². The molecule has 4 nitrogen and oxygen atoms in total. The summed E-state index contributed by atoms with van der Waals surface area (Å²) in [5.74, 6) is 0.211. The molecule has 3 aromatic rings. The Kier molecular flexibility index (Phi) is 5.38. The lowest BCUT2D eigenvalue weighted by atomic mass is 9.98. The van der Waals surface area contributed by atoms with Gasteiger partial charge in [0.05, 0.1) is 22.1 Å². The first-order valence-electron chi connectivity index (χ1n) is 9.02. The molecule has 0 bridgehead atoms. The molecule has 0 saturated carbocycles. The Morgan fingerprint density at radius 1 is 1.07 bits per heavy atom. The standard InChI is InChI=1S/C22H24ClN3O/c1-13(2)19-8-6-7-14(3)21(19)24-22(27)17-9-11-18(12-10-17)26-16(5)20(23)15(4)25-26/h6-13H,1-5H3,(H,24,27). The number of benzene rings is 2. The summed E-state index contributed by atoms with van der Waals surface area (Å²) in [6.45, 7) is 10.1. The number of amides is 1. The first-order chi connectivity index (χ1) is 12.8. The third kappa shape index (κ3) is 3.76. The van der Waals surface area contributed by atoms with Gasteiger partial charge < -0.3 is 5.32 Å². The molecule has 3 rings (SSSR count). The molecule has 0 aliphatic heterocycles. The number of rotatable bonds is 4. The molecule has 1 amide bonds. The molecule has 1 heterocycles. The molecule has 0 spiro atoms. The lowest BCUT2D eigenvalue weighted by Crippen LogP contribution is -2.15. The Hall–Kier alpha value is -2.59. The molecule has 2 aromatic carbocycles. The van der Waals surface area contributed by atoms with E-state index in [1.54, 1.807) is 4.68 Å². The fourth-order valence-electron chi connectivity index (χ4n) is 3.16. The van der Waals surface area contributed by atoms with E-state index in [0.29, 0.717) is 16.5 Å². The number of para-hydroxylation sites is 1. The molecular formula is C22H24ClN3O. The van der Waals surface area contributed by atoms with Crippen LogP contribution in [0.5, 0.6) is 0 Å². The van der Waals surface area contributed by atoms with E-state index in [-0.39, 0.29) is 5.91 Å². The number of nitrogens with zero attached hydrogens (tertiary/aromatic N) is 2. The third-order valence-electron chi connectivity index (χ3n) is 4.74. The normalized spacial score (nSPS) is 11.1. The van der Waals surface area contributed by atoms with E-state index in [0.717, 1.165) is 33.9 Å². The number of hydrogen-bond acceptors (Lipinski definition) is 2. The molecule has 0 fully saturated rings. The van der Waals surface area contributed by atoms with Crippen molar-refractivity contribution in [3.05, 3.63) is 75.6 Å².